The molecule has 4 heteroatoms. The molecule has 3 heterocycles. The monoisotopic (exact) mass is 319 g/mol. The highest BCUT2D eigenvalue weighted by molar-refractivity contribution is 9.10. The molecule has 1 aromatic carbocycles. The highest BCUT2D eigenvalue weighted by Gasteiger charge is 2.65. The van der Waals surface area contributed by atoms with Crippen LogP contribution < -0.4 is 0 Å². The number of carbonyl (C=O) groups excluding carboxylic acids is 1. The number of ether oxygens (including phenoxy) is 1. The molecule has 3 aliphatic heterocycles. The van der Waals surface area contributed by atoms with E-state index >= 15 is 0 Å². The molecular weight excluding hydrogens is 306 g/mol. The van der Waals surface area contributed by atoms with Crippen molar-refractivity contribution in [1.82, 2.24) is 4.90 Å². The van der Waals surface area contributed by atoms with Crippen LogP contribution in [0.4, 0.5) is 0 Å². The summed E-state index contributed by atoms with van der Waals surface area (Å²) in [5, 5.41) is 0. The topological polar surface area (TPSA) is 29.5 Å². The van der Waals surface area contributed by atoms with Crippen molar-refractivity contribution >= 4 is 21.8 Å². The SMILES string of the molecule is O=C1N(Cc2ccccc2)C[C@H]2C[C@]3(Br)C=C[C@]12O3. The van der Waals surface area contributed by atoms with Gasteiger partial charge in [0.2, 0.25) is 0 Å². The van der Waals surface area contributed by atoms with Crippen molar-refractivity contribution in [3.63, 3.8) is 0 Å². The Kier molecular flexibility index (Phi) is 2.28. The van der Waals surface area contributed by atoms with Gasteiger partial charge in [-0.15, -0.1) is 0 Å². The summed E-state index contributed by atoms with van der Waals surface area (Å²) in [6.45, 7) is 1.45. The fourth-order valence-electron chi connectivity index (χ4n) is 3.44. The molecule has 98 valence electrons. The van der Waals surface area contributed by atoms with Crippen molar-refractivity contribution in [2.45, 2.75) is 23.1 Å². The molecule has 0 radical (unpaired) electrons. The van der Waals surface area contributed by atoms with Gasteiger partial charge in [0.1, 0.15) is 4.51 Å². The minimum Gasteiger partial charge on any atom is -0.339 e. The summed E-state index contributed by atoms with van der Waals surface area (Å²) < 4.78 is 5.57. The van der Waals surface area contributed by atoms with Crippen LogP contribution in [0, 0.1) is 5.92 Å². The number of likely N-dealkylation sites (tertiary alicyclic amines) is 1. The molecule has 1 aromatic rings. The average molecular weight is 320 g/mol. The van der Waals surface area contributed by atoms with Crippen molar-refractivity contribution in [3.8, 4) is 0 Å². The van der Waals surface area contributed by atoms with Gasteiger partial charge in [-0.1, -0.05) is 30.3 Å². The van der Waals surface area contributed by atoms with E-state index in [9.17, 15) is 4.79 Å². The summed E-state index contributed by atoms with van der Waals surface area (Å²) >= 11 is 3.57. The highest BCUT2D eigenvalue weighted by atomic mass is 79.9. The lowest BCUT2D eigenvalue weighted by atomic mass is 9.86. The van der Waals surface area contributed by atoms with Crippen LogP contribution in [-0.2, 0) is 16.1 Å². The van der Waals surface area contributed by atoms with E-state index in [4.69, 9.17) is 4.74 Å². The molecule has 3 atom stereocenters. The lowest BCUT2D eigenvalue weighted by Gasteiger charge is -2.22. The highest BCUT2D eigenvalue weighted by Crippen LogP contribution is 2.56. The third-order valence-electron chi connectivity index (χ3n) is 4.33. The van der Waals surface area contributed by atoms with Crippen LogP contribution in [0.5, 0.6) is 0 Å². The Morgan fingerprint density at radius 3 is 2.79 bits per heavy atom. The van der Waals surface area contributed by atoms with E-state index in [0.29, 0.717) is 6.54 Å². The van der Waals surface area contributed by atoms with Gasteiger partial charge in [-0.3, -0.25) is 4.79 Å². The third kappa shape index (κ3) is 1.56. The molecule has 0 aliphatic carbocycles. The largest absolute Gasteiger partial charge is 0.339 e. The number of alkyl halides is 1. The van der Waals surface area contributed by atoms with Crippen LogP contribution in [0.25, 0.3) is 0 Å². The maximum Gasteiger partial charge on any atom is 0.259 e. The number of halogens is 1. The molecule has 0 unspecified atom stereocenters. The third-order valence-corrected chi connectivity index (χ3v) is 5.08. The number of benzene rings is 1. The Balaban J connectivity index is 1.60. The van der Waals surface area contributed by atoms with Crippen LogP contribution in [0.1, 0.15) is 12.0 Å². The fourth-order valence-corrected chi connectivity index (χ4v) is 4.23. The van der Waals surface area contributed by atoms with Crippen molar-refractivity contribution in [2.75, 3.05) is 6.54 Å². The van der Waals surface area contributed by atoms with E-state index in [1.807, 2.05) is 35.3 Å². The number of carbonyl (C=O) groups is 1. The number of hydrogen-bond acceptors (Lipinski definition) is 2. The lowest BCUT2D eigenvalue weighted by Crippen LogP contribution is -2.39. The minimum absolute atomic E-state index is 0.108. The van der Waals surface area contributed by atoms with Gasteiger partial charge in [-0.05, 0) is 40.1 Å². The van der Waals surface area contributed by atoms with Gasteiger partial charge in [-0.2, -0.15) is 0 Å². The van der Waals surface area contributed by atoms with Gasteiger partial charge < -0.3 is 9.64 Å². The zero-order valence-electron chi connectivity index (χ0n) is 10.4. The Hall–Kier alpha value is -1.13. The van der Waals surface area contributed by atoms with Crippen molar-refractivity contribution in [2.24, 2.45) is 5.92 Å². The number of rotatable bonds is 2. The Morgan fingerprint density at radius 2 is 2.11 bits per heavy atom. The van der Waals surface area contributed by atoms with Crippen molar-refractivity contribution < 1.29 is 9.53 Å². The summed E-state index contributed by atoms with van der Waals surface area (Å²) in [4.78, 5) is 14.6. The fraction of sp³-hybridized carbons (Fsp3) is 0.400. The standard InChI is InChI=1S/C15H14BrNO2/c16-14-6-7-15(19-14)12(8-14)10-17(13(15)18)9-11-4-2-1-3-5-11/h1-7,12H,8-10H2/t12-,14+,15-/m1/s1. The molecule has 3 nitrogen and oxygen atoms in total. The van der Waals surface area contributed by atoms with Gasteiger partial charge in [0.25, 0.3) is 5.91 Å². The van der Waals surface area contributed by atoms with Crippen LogP contribution in [0.2, 0.25) is 0 Å². The zero-order valence-corrected chi connectivity index (χ0v) is 12.0. The Labute approximate surface area is 120 Å². The van der Waals surface area contributed by atoms with Crippen LogP contribution in [0.15, 0.2) is 42.5 Å². The summed E-state index contributed by atoms with van der Waals surface area (Å²) in [5.74, 6) is 0.379. The Morgan fingerprint density at radius 1 is 1.32 bits per heavy atom. The van der Waals surface area contributed by atoms with Gasteiger partial charge >= 0.3 is 0 Å². The summed E-state index contributed by atoms with van der Waals surface area (Å²) in [6, 6.07) is 10.1. The molecule has 1 amide bonds. The number of hydrogen-bond donors (Lipinski definition) is 0. The molecular formula is C15H14BrNO2. The van der Waals surface area contributed by atoms with E-state index in [0.717, 1.165) is 13.0 Å². The minimum atomic E-state index is -0.696. The van der Waals surface area contributed by atoms with Crippen LogP contribution in [0.3, 0.4) is 0 Å². The smallest absolute Gasteiger partial charge is 0.259 e. The number of nitrogens with zero attached hydrogens (tertiary/aromatic N) is 1. The first-order valence-electron chi connectivity index (χ1n) is 6.54. The Bertz CT molecular complexity index is 573. The molecule has 3 aliphatic rings. The summed E-state index contributed by atoms with van der Waals surface area (Å²) in [5.41, 5.74) is 0.470. The second kappa shape index (κ2) is 3.70. The van der Waals surface area contributed by atoms with Crippen molar-refractivity contribution in [3.05, 3.63) is 48.0 Å². The second-order valence-corrected chi connectivity index (χ2v) is 6.93. The average Bonchev–Trinajstić information content (AvgIpc) is 2.97. The molecule has 1 spiro atoms. The normalized spacial score (nSPS) is 39.1. The van der Waals surface area contributed by atoms with E-state index in [1.165, 1.54) is 5.56 Å². The zero-order chi connectivity index (χ0) is 13.1. The lowest BCUT2D eigenvalue weighted by molar-refractivity contribution is -0.143. The first-order valence-corrected chi connectivity index (χ1v) is 7.33. The number of amides is 1. The van der Waals surface area contributed by atoms with Gasteiger partial charge in [0, 0.05) is 19.0 Å². The van der Waals surface area contributed by atoms with E-state index in [2.05, 4.69) is 28.1 Å². The first-order chi connectivity index (χ1) is 9.11. The maximum atomic E-state index is 12.6. The second-order valence-electron chi connectivity index (χ2n) is 5.59. The van der Waals surface area contributed by atoms with Crippen molar-refractivity contribution in [1.29, 1.82) is 0 Å². The molecule has 2 saturated heterocycles. The quantitative estimate of drug-likeness (QED) is 0.619. The molecule has 2 fully saturated rings. The first kappa shape index (κ1) is 11.7. The number of fused-ring (bicyclic) bond motifs is 1. The molecule has 19 heavy (non-hydrogen) atoms. The van der Waals surface area contributed by atoms with E-state index < -0.39 is 10.1 Å². The van der Waals surface area contributed by atoms with Gasteiger partial charge in [0.15, 0.2) is 5.60 Å². The molecule has 2 bridgehead atoms. The van der Waals surface area contributed by atoms with E-state index in [-0.39, 0.29) is 11.8 Å². The molecule has 4 rings (SSSR count). The summed E-state index contributed by atoms with van der Waals surface area (Å²) in [7, 11) is 0. The predicted octanol–water partition coefficient (Wildman–Crippen LogP) is 2.47. The molecule has 0 saturated carbocycles. The summed E-state index contributed by atoms with van der Waals surface area (Å²) in [6.07, 6.45) is 4.80. The van der Waals surface area contributed by atoms with E-state index in [1.54, 1.807) is 0 Å². The predicted molar refractivity (Wildman–Crippen MR) is 74.6 cm³/mol. The molecule has 0 N–H and O–H groups in total. The van der Waals surface area contributed by atoms with Gasteiger partial charge in [-0.25, -0.2) is 0 Å². The van der Waals surface area contributed by atoms with Gasteiger partial charge in [0.05, 0.1) is 0 Å². The molecule has 0 aromatic heterocycles. The van der Waals surface area contributed by atoms with Crippen LogP contribution >= 0.6 is 15.9 Å². The maximum absolute atomic E-state index is 12.6. The van der Waals surface area contributed by atoms with Crippen LogP contribution in [-0.4, -0.2) is 27.5 Å².